The van der Waals surface area contributed by atoms with Gasteiger partial charge in [-0.1, -0.05) is 24.3 Å². The summed E-state index contributed by atoms with van der Waals surface area (Å²) >= 11 is 0. The van der Waals surface area contributed by atoms with Gasteiger partial charge in [0.15, 0.2) is 0 Å². The number of hydrogen-bond acceptors (Lipinski definition) is 4. The molecule has 5 heteroatoms. The number of morpholine rings is 1. The Morgan fingerprint density at radius 2 is 1.83 bits per heavy atom. The number of anilines is 1. The van der Waals surface area contributed by atoms with Crippen molar-refractivity contribution in [2.24, 2.45) is 0 Å². The largest absolute Gasteiger partial charge is 0.493 e. The van der Waals surface area contributed by atoms with Gasteiger partial charge in [0.05, 0.1) is 25.9 Å². The van der Waals surface area contributed by atoms with Crippen LogP contribution in [0.15, 0.2) is 42.5 Å². The third-order valence-electron chi connectivity index (χ3n) is 5.55. The molecule has 1 N–H and O–H groups in total. The Morgan fingerprint density at radius 3 is 2.57 bits per heavy atom. The normalized spacial score (nSPS) is 15.0. The van der Waals surface area contributed by atoms with Crippen molar-refractivity contribution in [3.05, 3.63) is 59.2 Å². The molecule has 3 rings (SSSR count). The highest BCUT2D eigenvalue weighted by molar-refractivity contribution is 5.76. The summed E-state index contributed by atoms with van der Waals surface area (Å²) in [6.45, 7) is 10.2. The van der Waals surface area contributed by atoms with Crippen molar-refractivity contribution in [3.63, 3.8) is 0 Å². The molecule has 1 fully saturated rings. The Kier molecular flexibility index (Phi) is 8.14. The average molecular weight is 411 g/mol. The van der Waals surface area contributed by atoms with Crippen LogP contribution in [0.5, 0.6) is 5.75 Å². The number of benzene rings is 2. The molecule has 1 aliphatic heterocycles. The Labute approximate surface area is 180 Å². The molecule has 30 heavy (non-hydrogen) atoms. The molecule has 2 aromatic carbocycles. The first kappa shape index (κ1) is 22.2. The Balaban J connectivity index is 1.36. The molecule has 0 aliphatic carbocycles. The lowest BCUT2D eigenvalue weighted by Gasteiger charge is -2.29. The van der Waals surface area contributed by atoms with Gasteiger partial charge in [0.25, 0.3) is 0 Å². The van der Waals surface area contributed by atoms with E-state index >= 15 is 0 Å². The number of ether oxygens (including phenoxy) is 2. The van der Waals surface area contributed by atoms with Crippen LogP contribution in [0.2, 0.25) is 0 Å². The van der Waals surface area contributed by atoms with Crippen LogP contribution in [0.4, 0.5) is 5.69 Å². The predicted molar refractivity (Wildman–Crippen MR) is 121 cm³/mol. The summed E-state index contributed by atoms with van der Waals surface area (Å²) in [5, 5.41) is 3.11. The first-order chi connectivity index (χ1) is 14.5. The van der Waals surface area contributed by atoms with Crippen molar-refractivity contribution < 1.29 is 14.3 Å². The number of carbonyl (C=O) groups excluding carboxylic acids is 1. The van der Waals surface area contributed by atoms with E-state index in [9.17, 15) is 4.79 Å². The van der Waals surface area contributed by atoms with Crippen LogP contribution in [0.3, 0.4) is 0 Å². The third-order valence-corrected chi connectivity index (χ3v) is 5.55. The molecule has 0 bridgehead atoms. The molecule has 2 aromatic rings. The lowest BCUT2D eigenvalue weighted by molar-refractivity contribution is -0.121. The average Bonchev–Trinajstić information content (AvgIpc) is 2.76. The number of nitrogens with zero attached hydrogens (tertiary/aromatic N) is 1. The van der Waals surface area contributed by atoms with E-state index in [4.69, 9.17) is 9.47 Å². The minimum atomic E-state index is 0.00225. The van der Waals surface area contributed by atoms with E-state index < -0.39 is 0 Å². The molecule has 1 atom stereocenters. The standard InChI is InChI=1S/C25H34N2O3/c1-19-7-8-20(2)24(18-19)30-15-5-4-6-25(28)26-21(3)22-9-11-23(12-10-22)27-13-16-29-17-14-27/h7-12,18,21H,4-6,13-17H2,1-3H3,(H,26,28). The minimum Gasteiger partial charge on any atom is -0.493 e. The van der Waals surface area contributed by atoms with Gasteiger partial charge in [0.1, 0.15) is 5.75 Å². The highest BCUT2D eigenvalue weighted by Gasteiger charge is 2.13. The molecule has 5 nitrogen and oxygen atoms in total. The fraction of sp³-hybridized carbons (Fsp3) is 0.480. The molecule has 0 spiro atoms. The van der Waals surface area contributed by atoms with Crippen LogP contribution < -0.4 is 15.0 Å². The first-order valence-electron chi connectivity index (χ1n) is 10.9. The van der Waals surface area contributed by atoms with Gasteiger partial charge in [-0.05, 0) is 68.5 Å². The SMILES string of the molecule is Cc1ccc(C)c(OCCCCC(=O)NC(C)c2ccc(N3CCOCC3)cc2)c1. The van der Waals surface area contributed by atoms with Crippen LogP contribution in [0.25, 0.3) is 0 Å². The summed E-state index contributed by atoms with van der Waals surface area (Å²) < 4.78 is 11.3. The number of amides is 1. The zero-order valence-corrected chi connectivity index (χ0v) is 18.4. The van der Waals surface area contributed by atoms with Gasteiger partial charge in [0, 0.05) is 25.2 Å². The third kappa shape index (κ3) is 6.49. The van der Waals surface area contributed by atoms with Crippen LogP contribution in [0, 0.1) is 13.8 Å². The van der Waals surface area contributed by atoms with Crippen LogP contribution in [-0.4, -0.2) is 38.8 Å². The van der Waals surface area contributed by atoms with E-state index in [1.807, 2.05) is 6.92 Å². The number of hydrogen-bond donors (Lipinski definition) is 1. The molecule has 1 amide bonds. The second kappa shape index (κ2) is 11.0. The molecule has 162 valence electrons. The van der Waals surface area contributed by atoms with E-state index in [1.165, 1.54) is 11.3 Å². The lowest BCUT2D eigenvalue weighted by Crippen LogP contribution is -2.36. The maximum atomic E-state index is 12.3. The van der Waals surface area contributed by atoms with E-state index in [-0.39, 0.29) is 11.9 Å². The van der Waals surface area contributed by atoms with Crippen LogP contribution in [0.1, 0.15) is 48.9 Å². The highest BCUT2D eigenvalue weighted by atomic mass is 16.5. The molecular weight excluding hydrogens is 376 g/mol. The molecular formula is C25H34N2O3. The number of unbranched alkanes of at least 4 members (excludes halogenated alkanes) is 1. The van der Waals surface area contributed by atoms with Crippen LogP contribution >= 0.6 is 0 Å². The van der Waals surface area contributed by atoms with Gasteiger partial charge in [0.2, 0.25) is 5.91 Å². The lowest BCUT2D eigenvalue weighted by atomic mass is 10.1. The van der Waals surface area contributed by atoms with E-state index in [1.54, 1.807) is 0 Å². The van der Waals surface area contributed by atoms with E-state index in [0.29, 0.717) is 13.0 Å². The summed E-state index contributed by atoms with van der Waals surface area (Å²) in [5.74, 6) is 1.03. The van der Waals surface area contributed by atoms with Crippen molar-refractivity contribution >= 4 is 11.6 Å². The quantitative estimate of drug-likeness (QED) is 0.616. The number of nitrogens with one attached hydrogen (secondary N) is 1. The fourth-order valence-electron chi connectivity index (χ4n) is 3.62. The maximum absolute atomic E-state index is 12.3. The highest BCUT2D eigenvalue weighted by Crippen LogP contribution is 2.21. The summed E-state index contributed by atoms with van der Waals surface area (Å²) in [5.41, 5.74) is 4.68. The number of carbonyl (C=O) groups is 1. The fourth-order valence-corrected chi connectivity index (χ4v) is 3.62. The van der Waals surface area contributed by atoms with Crippen molar-refractivity contribution in [1.29, 1.82) is 0 Å². The second-order valence-electron chi connectivity index (χ2n) is 8.05. The van der Waals surface area contributed by atoms with Crippen molar-refractivity contribution in [3.8, 4) is 5.75 Å². The van der Waals surface area contributed by atoms with Gasteiger partial charge < -0.3 is 19.7 Å². The van der Waals surface area contributed by atoms with Gasteiger partial charge in [-0.3, -0.25) is 4.79 Å². The number of aryl methyl sites for hydroxylation is 2. The Morgan fingerprint density at radius 1 is 1.10 bits per heavy atom. The molecule has 1 aliphatic rings. The zero-order chi connectivity index (χ0) is 21.3. The Bertz CT molecular complexity index is 814. The topological polar surface area (TPSA) is 50.8 Å². The summed E-state index contributed by atoms with van der Waals surface area (Å²) in [7, 11) is 0. The van der Waals surface area contributed by atoms with Crippen molar-refractivity contribution in [2.45, 2.75) is 46.1 Å². The number of rotatable bonds is 9. The maximum Gasteiger partial charge on any atom is 0.220 e. The van der Waals surface area contributed by atoms with E-state index in [0.717, 1.165) is 56.0 Å². The molecule has 0 radical (unpaired) electrons. The van der Waals surface area contributed by atoms with Crippen molar-refractivity contribution in [1.82, 2.24) is 5.32 Å². The zero-order valence-electron chi connectivity index (χ0n) is 18.4. The molecule has 1 heterocycles. The Hall–Kier alpha value is -2.53. The summed E-state index contributed by atoms with van der Waals surface area (Å²) in [6.07, 6.45) is 2.20. The van der Waals surface area contributed by atoms with Gasteiger partial charge in [-0.2, -0.15) is 0 Å². The minimum absolute atomic E-state index is 0.00225. The van der Waals surface area contributed by atoms with Gasteiger partial charge in [-0.25, -0.2) is 0 Å². The van der Waals surface area contributed by atoms with Gasteiger partial charge >= 0.3 is 0 Å². The molecule has 0 aromatic heterocycles. The molecule has 1 unspecified atom stereocenters. The molecule has 0 saturated carbocycles. The summed E-state index contributed by atoms with van der Waals surface area (Å²) in [4.78, 5) is 14.6. The smallest absolute Gasteiger partial charge is 0.220 e. The second-order valence-corrected chi connectivity index (χ2v) is 8.05. The summed E-state index contributed by atoms with van der Waals surface area (Å²) in [6, 6.07) is 14.7. The van der Waals surface area contributed by atoms with Crippen molar-refractivity contribution in [2.75, 3.05) is 37.8 Å². The van der Waals surface area contributed by atoms with Gasteiger partial charge in [-0.15, -0.1) is 0 Å². The van der Waals surface area contributed by atoms with Crippen LogP contribution in [-0.2, 0) is 9.53 Å². The monoisotopic (exact) mass is 410 g/mol. The van der Waals surface area contributed by atoms with E-state index in [2.05, 4.69) is 66.5 Å². The molecule has 1 saturated heterocycles. The first-order valence-corrected chi connectivity index (χ1v) is 10.9. The predicted octanol–water partition coefficient (Wildman–Crippen LogP) is 4.57.